The van der Waals surface area contributed by atoms with Gasteiger partial charge in [-0.1, -0.05) is 6.42 Å². The molecule has 3 aliphatic carbocycles. The highest BCUT2D eigenvalue weighted by Crippen LogP contribution is 2.44. The molecule has 3 aromatic heterocycles. The molecule has 3 aromatic rings. The van der Waals surface area contributed by atoms with Crippen molar-refractivity contribution < 1.29 is 18.7 Å². The van der Waals surface area contributed by atoms with Gasteiger partial charge in [0.2, 0.25) is 0 Å². The maximum atomic E-state index is 14.6. The van der Waals surface area contributed by atoms with Gasteiger partial charge in [-0.25, -0.2) is 23.7 Å². The number of carboxylic acid groups (broad SMARTS) is 1. The molecule has 2 bridgehead atoms. The number of aromatic amines is 1. The first kappa shape index (κ1) is 18.8. The summed E-state index contributed by atoms with van der Waals surface area (Å²) in [5.74, 6) is -2.37. The molecule has 6 rings (SSSR count). The second-order valence-electron chi connectivity index (χ2n) is 8.08. The zero-order valence-corrected chi connectivity index (χ0v) is 16.0. The molecule has 4 unspecified atom stereocenters. The third kappa shape index (κ3) is 3.16. The van der Waals surface area contributed by atoms with E-state index < -0.39 is 29.6 Å². The zero-order valence-electron chi connectivity index (χ0n) is 16.0. The van der Waals surface area contributed by atoms with Gasteiger partial charge in [0, 0.05) is 6.04 Å². The van der Waals surface area contributed by atoms with Crippen molar-refractivity contribution in [1.29, 1.82) is 0 Å². The van der Waals surface area contributed by atoms with Crippen molar-refractivity contribution in [2.24, 2.45) is 17.8 Å². The summed E-state index contributed by atoms with van der Waals surface area (Å²) in [5.41, 5.74) is 0.609. The van der Waals surface area contributed by atoms with Crippen molar-refractivity contribution in [3.63, 3.8) is 0 Å². The Hall–Kier alpha value is -3.17. The minimum Gasteiger partial charge on any atom is -0.481 e. The molecule has 0 amide bonds. The SMILES string of the molecule is O=C(O)C1C2CCCC(CC2)C1Nc1nc(-c2[nH]nc3ncc(F)cc23)ncc1F. The van der Waals surface area contributed by atoms with Crippen LogP contribution in [0.1, 0.15) is 32.1 Å². The minimum atomic E-state index is -0.861. The van der Waals surface area contributed by atoms with Crippen molar-refractivity contribution in [2.45, 2.75) is 38.1 Å². The van der Waals surface area contributed by atoms with Crippen molar-refractivity contribution in [3.05, 3.63) is 30.1 Å². The van der Waals surface area contributed by atoms with Gasteiger partial charge in [0.15, 0.2) is 23.1 Å². The lowest BCUT2D eigenvalue weighted by atomic mass is 9.71. The van der Waals surface area contributed by atoms with Crippen molar-refractivity contribution in [1.82, 2.24) is 25.1 Å². The van der Waals surface area contributed by atoms with E-state index in [1.807, 2.05) is 0 Å². The van der Waals surface area contributed by atoms with Crippen LogP contribution in [0.5, 0.6) is 0 Å². The van der Waals surface area contributed by atoms with Crippen LogP contribution in [0.15, 0.2) is 18.5 Å². The van der Waals surface area contributed by atoms with Gasteiger partial charge in [-0.3, -0.25) is 9.89 Å². The fraction of sp³-hybridized carbons (Fsp3) is 0.450. The molecule has 3 fully saturated rings. The first-order valence-electron chi connectivity index (χ1n) is 10.0. The van der Waals surface area contributed by atoms with Crippen LogP contribution in [0.2, 0.25) is 0 Å². The summed E-state index contributed by atoms with van der Waals surface area (Å²) >= 11 is 0. The van der Waals surface area contributed by atoms with Gasteiger partial charge in [0.1, 0.15) is 11.5 Å². The molecule has 3 saturated carbocycles. The summed E-state index contributed by atoms with van der Waals surface area (Å²) in [6, 6.07) is 0.852. The van der Waals surface area contributed by atoms with Gasteiger partial charge in [0.25, 0.3) is 0 Å². The summed E-state index contributed by atoms with van der Waals surface area (Å²) < 4.78 is 28.2. The fourth-order valence-corrected chi connectivity index (χ4v) is 5.02. The Morgan fingerprint density at radius 3 is 2.77 bits per heavy atom. The lowest BCUT2D eigenvalue weighted by Crippen LogP contribution is -2.46. The zero-order chi connectivity index (χ0) is 20.8. The van der Waals surface area contributed by atoms with Gasteiger partial charge in [-0.2, -0.15) is 5.10 Å². The third-order valence-corrected chi connectivity index (χ3v) is 6.39. The highest BCUT2D eigenvalue weighted by atomic mass is 19.1. The van der Waals surface area contributed by atoms with E-state index in [1.165, 1.54) is 6.07 Å². The summed E-state index contributed by atoms with van der Waals surface area (Å²) in [4.78, 5) is 24.2. The second-order valence-corrected chi connectivity index (χ2v) is 8.08. The molecular weight excluding hydrogens is 394 g/mol. The van der Waals surface area contributed by atoms with Crippen LogP contribution in [-0.4, -0.2) is 42.3 Å². The monoisotopic (exact) mass is 414 g/mol. The molecule has 0 aromatic carbocycles. The van der Waals surface area contributed by atoms with E-state index in [4.69, 9.17) is 0 Å². The summed E-state index contributed by atoms with van der Waals surface area (Å²) in [5, 5.41) is 20.0. The van der Waals surface area contributed by atoms with E-state index in [0.717, 1.165) is 44.5 Å². The maximum Gasteiger partial charge on any atom is 0.308 e. The van der Waals surface area contributed by atoms with E-state index in [1.54, 1.807) is 0 Å². The highest BCUT2D eigenvalue weighted by molar-refractivity contribution is 5.88. The molecule has 0 saturated heterocycles. The standard InChI is InChI=1S/C20H20F2N6O2/c21-11-6-12-16(27-28-17(12)23-7-11)19-24-8-13(22)18(26-19)25-15-10-3-1-2-9(4-5-10)14(15)20(29)30/h6-10,14-15H,1-5H2,(H,29,30)(H,23,27,28)(H,24,25,26). The molecule has 3 heterocycles. The number of rotatable bonds is 4. The number of aliphatic carboxylic acids is 1. The summed E-state index contributed by atoms with van der Waals surface area (Å²) in [6.45, 7) is 0. The van der Waals surface area contributed by atoms with E-state index in [2.05, 4.69) is 30.5 Å². The van der Waals surface area contributed by atoms with Gasteiger partial charge in [-0.15, -0.1) is 0 Å². The molecule has 30 heavy (non-hydrogen) atoms. The molecule has 156 valence electrons. The summed E-state index contributed by atoms with van der Waals surface area (Å²) in [7, 11) is 0. The number of carboxylic acids is 1. The number of H-pyrrole nitrogens is 1. The Kier molecular flexibility index (Phi) is 4.56. The normalized spacial score (nSPS) is 25.9. The Balaban J connectivity index is 1.52. The number of hydrogen-bond acceptors (Lipinski definition) is 6. The second kappa shape index (κ2) is 7.26. The van der Waals surface area contributed by atoms with Crippen LogP contribution in [0.25, 0.3) is 22.6 Å². The molecule has 0 spiro atoms. The summed E-state index contributed by atoms with van der Waals surface area (Å²) in [6.07, 6.45) is 6.65. The highest BCUT2D eigenvalue weighted by Gasteiger charge is 2.45. The molecule has 10 heteroatoms. The predicted molar refractivity (Wildman–Crippen MR) is 103 cm³/mol. The molecule has 0 aliphatic heterocycles. The number of hydrogen-bond donors (Lipinski definition) is 3. The van der Waals surface area contributed by atoms with E-state index in [0.29, 0.717) is 16.7 Å². The Bertz CT molecular complexity index is 1120. The molecule has 4 atom stereocenters. The quantitative estimate of drug-likeness (QED) is 0.599. The van der Waals surface area contributed by atoms with E-state index in [-0.39, 0.29) is 23.5 Å². The predicted octanol–water partition coefficient (Wildman–Crippen LogP) is 3.38. The van der Waals surface area contributed by atoms with E-state index in [9.17, 15) is 18.7 Å². The maximum absolute atomic E-state index is 14.6. The molecule has 3 aliphatic rings. The van der Waals surface area contributed by atoms with Crippen molar-refractivity contribution >= 4 is 22.8 Å². The van der Waals surface area contributed by atoms with Crippen LogP contribution >= 0.6 is 0 Å². The van der Waals surface area contributed by atoms with E-state index >= 15 is 0 Å². The number of fused-ring (bicyclic) bond motifs is 5. The average Bonchev–Trinajstić information content (AvgIpc) is 2.89. The third-order valence-electron chi connectivity index (χ3n) is 6.39. The van der Waals surface area contributed by atoms with Crippen molar-refractivity contribution in [2.75, 3.05) is 5.32 Å². The fourth-order valence-electron chi connectivity index (χ4n) is 5.02. The smallest absolute Gasteiger partial charge is 0.308 e. The van der Waals surface area contributed by atoms with Gasteiger partial charge < -0.3 is 10.4 Å². The lowest BCUT2D eigenvalue weighted by molar-refractivity contribution is -0.145. The first-order chi connectivity index (χ1) is 14.5. The number of aromatic nitrogens is 5. The first-order valence-corrected chi connectivity index (χ1v) is 10.0. The largest absolute Gasteiger partial charge is 0.481 e. The Morgan fingerprint density at radius 1 is 1.13 bits per heavy atom. The number of anilines is 1. The van der Waals surface area contributed by atoms with Crippen LogP contribution in [0.3, 0.4) is 0 Å². The number of pyridine rings is 1. The van der Waals surface area contributed by atoms with Crippen LogP contribution in [-0.2, 0) is 4.79 Å². The van der Waals surface area contributed by atoms with Crippen LogP contribution in [0.4, 0.5) is 14.6 Å². The van der Waals surface area contributed by atoms with Crippen LogP contribution in [0, 0.1) is 29.4 Å². The van der Waals surface area contributed by atoms with Crippen molar-refractivity contribution in [3.8, 4) is 11.5 Å². The van der Waals surface area contributed by atoms with Gasteiger partial charge >= 0.3 is 5.97 Å². The lowest BCUT2D eigenvalue weighted by Gasteiger charge is -2.38. The molecule has 3 N–H and O–H groups in total. The van der Waals surface area contributed by atoms with Gasteiger partial charge in [0.05, 0.1) is 23.7 Å². The molecular formula is C20H20F2N6O2. The average molecular weight is 414 g/mol. The number of carbonyl (C=O) groups is 1. The molecule has 8 nitrogen and oxygen atoms in total. The topological polar surface area (TPSA) is 117 Å². The Labute approximate surface area is 170 Å². The number of nitrogens with zero attached hydrogens (tertiary/aromatic N) is 4. The Morgan fingerprint density at radius 2 is 1.93 bits per heavy atom. The molecule has 0 radical (unpaired) electrons. The number of nitrogens with one attached hydrogen (secondary N) is 2. The number of halogens is 2. The van der Waals surface area contributed by atoms with Gasteiger partial charge in [-0.05, 0) is 43.6 Å². The minimum absolute atomic E-state index is 0.0593. The van der Waals surface area contributed by atoms with Crippen LogP contribution < -0.4 is 5.32 Å².